The summed E-state index contributed by atoms with van der Waals surface area (Å²) in [7, 11) is 0. The molecule has 0 N–H and O–H groups in total. The number of rotatable bonds is 2. The van der Waals surface area contributed by atoms with Crippen LogP contribution >= 0.6 is 50.5 Å². The minimum Gasteiger partial charge on any atom is -0.272 e. The van der Waals surface area contributed by atoms with Crippen molar-refractivity contribution in [2.24, 2.45) is 4.99 Å². The van der Waals surface area contributed by atoms with E-state index in [1.165, 1.54) is 22.5 Å². The fourth-order valence-electron chi connectivity index (χ4n) is 4.74. The third kappa shape index (κ3) is 3.62. The molecule has 2 aliphatic rings. The maximum Gasteiger partial charge on any atom is 0.271 e. The molecule has 1 aliphatic heterocycles. The average molecular weight is 568 g/mol. The van der Waals surface area contributed by atoms with Crippen LogP contribution in [0.15, 0.2) is 86.6 Å². The van der Waals surface area contributed by atoms with Crippen molar-refractivity contribution in [3.63, 3.8) is 0 Å². The summed E-state index contributed by atoms with van der Waals surface area (Å²) in [5.74, 6) is 0. The van der Waals surface area contributed by atoms with Crippen LogP contribution in [0.2, 0.25) is 10.0 Å². The Balaban J connectivity index is 1.64. The van der Waals surface area contributed by atoms with Gasteiger partial charge in [0.15, 0.2) is 4.80 Å². The molecule has 34 heavy (non-hydrogen) atoms. The molecule has 168 valence electrons. The first kappa shape index (κ1) is 22.1. The molecule has 0 saturated heterocycles. The van der Waals surface area contributed by atoms with Gasteiger partial charge in [-0.05, 0) is 59.4 Å². The molecule has 0 saturated carbocycles. The van der Waals surface area contributed by atoms with E-state index in [-0.39, 0.29) is 11.6 Å². The minimum absolute atomic E-state index is 0.0712. The number of aromatic nitrogens is 1. The van der Waals surface area contributed by atoms with Crippen molar-refractivity contribution in [2.45, 2.75) is 18.9 Å². The van der Waals surface area contributed by atoms with Crippen molar-refractivity contribution in [1.82, 2.24) is 4.57 Å². The number of nitrogens with zero attached hydrogens (tertiary/aromatic N) is 2. The molecule has 0 amide bonds. The highest BCUT2D eigenvalue weighted by Gasteiger charge is 2.32. The Bertz CT molecular complexity index is 1670. The van der Waals surface area contributed by atoms with Crippen molar-refractivity contribution < 1.29 is 0 Å². The van der Waals surface area contributed by atoms with Crippen molar-refractivity contribution >= 4 is 62.2 Å². The quantitative estimate of drug-likeness (QED) is 0.276. The summed E-state index contributed by atoms with van der Waals surface area (Å²) in [6, 6.07) is 21.8. The Morgan fingerprint density at radius 1 is 1.00 bits per heavy atom. The van der Waals surface area contributed by atoms with Gasteiger partial charge in [0.1, 0.15) is 0 Å². The summed E-state index contributed by atoms with van der Waals surface area (Å²) >= 11 is 17.5. The molecule has 0 bridgehead atoms. The topological polar surface area (TPSA) is 34.4 Å². The number of allylic oxidation sites excluding steroid dienone is 1. The van der Waals surface area contributed by atoms with Crippen LogP contribution in [0.1, 0.15) is 34.7 Å². The van der Waals surface area contributed by atoms with Gasteiger partial charge in [-0.3, -0.25) is 9.36 Å². The van der Waals surface area contributed by atoms with E-state index in [0.29, 0.717) is 24.9 Å². The predicted octanol–water partition coefficient (Wildman–Crippen LogP) is 6.39. The highest BCUT2D eigenvalue weighted by Crippen LogP contribution is 2.41. The third-order valence-electron chi connectivity index (χ3n) is 6.33. The van der Waals surface area contributed by atoms with Gasteiger partial charge in [-0.15, -0.1) is 0 Å². The second kappa shape index (κ2) is 8.65. The Morgan fingerprint density at radius 2 is 1.79 bits per heavy atom. The van der Waals surface area contributed by atoms with Gasteiger partial charge in [0.2, 0.25) is 0 Å². The molecule has 0 radical (unpaired) electrons. The van der Waals surface area contributed by atoms with Crippen molar-refractivity contribution in [2.75, 3.05) is 0 Å². The van der Waals surface area contributed by atoms with E-state index < -0.39 is 0 Å². The van der Waals surface area contributed by atoms with Gasteiger partial charge in [-0.25, -0.2) is 4.99 Å². The number of benzene rings is 3. The molecule has 4 aromatic rings. The van der Waals surface area contributed by atoms with Gasteiger partial charge in [0.25, 0.3) is 5.56 Å². The van der Waals surface area contributed by atoms with Gasteiger partial charge in [-0.2, -0.15) is 0 Å². The first-order valence-electron chi connectivity index (χ1n) is 10.8. The Morgan fingerprint density at radius 3 is 2.62 bits per heavy atom. The summed E-state index contributed by atoms with van der Waals surface area (Å²) in [6.45, 7) is 0. The lowest BCUT2D eigenvalue weighted by Gasteiger charge is -2.30. The monoisotopic (exact) mass is 566 g/mol. The molecule has 3 nitrogen and oxygen atoms in total. The zero-order chi connectivity index (χ0) is 23.4. The first-order chi connectivity index (χ1) is 16.5. The summed E-state index contributed by atoms with van der Waals surface area (Å²) in [4.78, 5) is 19.5. The van der Waals surface area contributed by atoms with Crippen molar-refractivity contribution in [3.8, 4) is 0 Å². The van der Waals surface area contributed by atoms with Gasteiger partial charge in [-0.1, -0.05) is 99.0 Å². The Hall–Kier alpha value is -2.44. The van der Waals surface area contributed by atoms with Crippen LogP contribution in [0, 0.1) is 0 Å². The molecular weight excluding hydrogens is 551 g/mol. The number of thiazole rings is 1. The van der Waals surface area contributed by atoms with E-state index in [4.69, 9.17) is 28.2 Å². The van der Waals surface area contributed by atoms with Crippen LogP contribution in [0.3, 0.4) is 0 Å². The molecule has 2 heterocycles. The van der Waals surface area contributed by atoms with E-state index in [1.54, 1.807) is 6.07 Å². The van der Waals surface area contributed by atoms with E-state index in [9.17, 15) is 4.79 Å². The Kier molecular flexibility index (Phi) is 5.61. The van der Waals surface area contributed by atoms with Crippen molar-refractivity contribution in [3.05, 3.63) is 129 Å². The minimum atomic E-state index is -0.204. The van der Waals surface area contributed by atoms with Crippen LogP contribution in [0.5, 0.6) is 0 Å². The standard InChI is InChI=1S/C27H17BrCl2N2OS/c28-18-11-8-16(9-12-18)25-20-13-10-15-4-1-2-6-19(15)24(20)31-27-32(25)26(33)22(34-27)14-17-5-3-7-21(29)23(17)30/h1-9,11-12,14,25H,10,13H2/b22-14+/t25-/m0/s1. The molecule has 6 rings (SSSR count). The highest BCUT2D eigenvalue weighted by molar-refractivity contribution is 9.10. The van der Waals surface area contributed by atoms with Gasteiger partial charge < -0.3 is 0 Å². The summed E-state index contributed by atoms with van der Waals surface area (Å²) in [6.07, 6.45) is 3.61. The zero-order valence-corrected chi connectivity index (χ0v) is 21.7. The fourth-order valence-corrected chi connectivity index (χ4v) is 6.36. The normalized spacial score (nSPS) is 17.1. The molecule has 1 aromatic heterocycles. The lowest BCUT2D eigenvalue weighted by molar-refractivity contribution is 0.585. The molecule has 0 unspecified atom stereocenters. The SMILES string of the molecule is O=c1/c(=C\c2cccc(Cl)c2Cl)sc2n1[C@@H](c1ccc(Br)cc1)C1=C(N=2)c2ccccc2CC1. The maximum absolute atomic E-state index is 13.8. The van der Waals surface area contributed by atoms with Crippen LogP contribution in [-0.4, -0.2) is 4.57 Å². The summed E-state index contributed by atoms with van der Waals surface area (Å²) in [5.41, 5.74) is 6.33. The van der Waals surface area contributed by atoms with E-state index in [0.717, 1.165) is 34.1 Å². The zero-order valence-electron chi connectivity index (χ0n) is 17.8. The molecule has 1 aliphatic carbocycles. The predicted molar refractivity (Wildman–Crippen MR) is 143 cm³/mol. The van der Waals surface area contributed by atoms with E-state index in [2.05, 4.69) is 52.3 Å². The van der Waals surface area contributed by atoms with Gasteiger partial charge in [0, 0.05) is 10.0 Å². The van der Waals surface area contributed by atoms with E-state index in [1.807, 2.05) is 34.9 Å². The number of hydrogen-bond acceptors (Lipinski definition) is 3. The number of halogens is 3. The molecule has 1 atom stereocenters. The molecule has 7 heteroatoms. The second-order valence-corrected chi connectivity index (χ2v) is 11.0. The largest absolute Gasteiger partial charge is 0.272 e. The number of hydrogen-bond donors (Lipinski definition) is 0. The third-order valence-corrected chi connectivity index (χ3v) is 8.67. The molecular formula is C27H17BrCl2N2OS. The lowest BCUT2D eigenvalue weighted by atomic mass is 9.83. The fraction of sp³-hybridized carbons (Fsp3) is 0.111. The molecule has 0 fully saturated rings. The van der Waals surface area contributed by atoms with E-state index >= 15 is 0 Å². The molecule has 3 aromatic carbocycles. The van der Waals surface area contributed by atoms with Gasteiger partial charge in [0.05, 0.1) is 26.3 Å². The molecule has 0 spiro atoms. The summed E-state index contributed by atoms with van der Waals surface area (Å²) in [5, 5.41) is 0.899. The van der Waals surface area contributed by atoms with Crippen LogP contribution < -0.4 is 14.9 Å². The Labute approximate surface area is 218 Å². The first-order valence-corrected chi connectivity index (χ1v) is 13.2. The average Bonchev–Trinajstić information content (AvgIpc) is 3.16. The van der Waals surface area contributed by atoms with Crippen LogP contribution in [-0.2, 0) is 6.42 Å². The summed E-state index contributed by atoms with van der Waals surface area (Å²) < 4.78 is 3.42. The maximum atomic E-state index is 13.8. The highest BCUT2D eigenvalue weighted by atomic mass is 79.9. The number of fused-ring (bicyclic) bond motifs is 3. The second-order valence-electron chi connectivity index (χ2n) is 8.31. The van der Waals surface area contributed by atoms with Crippen molar-refractivity contribution in [1.29, 1.82) is 0 Å². The number of aryl methyl sites for hydroxylation is 1. The van der Waals surface area contributed by atoms with Crippen LogP contribution in [0.4, 0.5) is 0 Å². The van der Waals surface area contributed by atoms with Crippen LogP contribution in [0.25, 0.3) is 11.8 Å². The lowest BCUT2D eigenvalue weighted by Crippen LogP contribution is -2.38. The van der Waals surface area contributed by atoms with Gasteiger partial charge >= 0.3 is 0 Å². The smallest absolute Gasteiger partial charge is 0.271 e.